The molecule has 3 aromatic rings. The predicted molar refractivity (Wildman–Crippen MR) is 161 cm³/mol. The summed E-state index contributed by atoms with van der Waals surface area (Å²) < 4.78 is 68.0. The van der Waals surface area contributed by atoms with E-state index in [4.69, 9.17) is 5.73 Å². The van der Waals surface area contributed by atoms with E-state index in [1.54, 1.807) is 18.3 Å². The molecule has 1 aliphatic heterocycles. The minimum absolute atomic E-state index is 0.0893. The summed E-state index contributed by atoms with van der Waals surface area (Å²) in [6.45, 7) is 1.01. The molecule has 16 heteroatoms. The number of nitrogens with two attached hydrogens (primary N) is 1. The van der Waals surface area contributed by atoms with Crippen molar-refractivity contribution in [3.8, 4) is 11.4 Å². The molecule has 1 atom stereocenters. The molecule has 1 unspecified atom stereocenters. The minimum Gasteiger partial charge on any atom is -0.382 e. The first-order chi connectivity index (χ1) is 21.2. The van der Waals surface area contributed by atoms with Gasteiger partial charge in [-0.05, 0) is 76.7 Å². The van der Waals surface area contributed by atoms with E-state index in [0.717, 1.165) is 47.1 Å². The molecule has 3 aliphatic rings. The van der Waals surface area contributed by atoms with Crippen LogP contribution in [0.15, 0.2) is 48.7 Å². The summed E-state index contributed by atoms with van der Waals surface area (Å²) in [6.07, 6.45) is 8.06. The first-order valence-corrected chi connectivity index (χ1v) is 16.4. The second-order valence-corrected chi connectivity index (χ2v) is 14.5. The minimum atomic E-state index is -4.56. The molecule has 0 bridgehead atoms. The number of alkyl halides is 3. The molecular weight excluding hydrogens is 609 g/mol. The maximum Gasteiger partial charge on any atom is 0.433 e. The quantitative estimate of drug-likeness (QED) is 0.317. The maximum absolute atomic E-state index is 13.7. The SMILES string of the molecule is CN(C)CC1CCC(NC2=CC(N)(c3ccnc(-c4cnn(S(=O)(=O)C5CC5)c4)n3)NC=C2c2cc(C(F)(F)F)n(C)n2)CC1. The van der Waals surface area contributed by atoms with Crippen molar-refractivity contribution >= 4 is 15.6 Å². The van der Waals surface area contributed by atoms with Crippen LogP contribution in [0, 0.1) is 5.92 Å². The van der Waals surface area contributed by atoms with E-state index in [0.29, 0.717) is 41.3 Å². The molecule has 2 fully saturated rings. The third-order valence-electron chi connectivity index (χ3n) is 8.50. The number of nitrogens with zero attached hydrogens (tertiary/aromatic N) is 7. The van der Waals surface area contributed by atoms with Crippen LogP contribution >= 0.6 is 0 Å². The van der Waals surface area contributed by atoms with Gasteiger partial charge in [-0.1, -0.05) is 0 Å². The zero-order chi connectivity index (χ0) is 32.1. The lowest BCUT2D eigenvalue weighted by molar-refractivity contribution is -0.143. The molecule has 2 aliphatic carbocycles. The van der Waals surface area contributed by atoms with Crippen molar-refractivity contribution in [2.75, 3.05) is 20.6 Å². The Balaban J connectivity index is 1.31. The Morgan fingerprint density at radius 3 is 2.56 bits per heavy atom. The van der Waals surface area contributed by atoms with Gasteiger partial charge in [-0.3, -0.25) is 4.68 Å². The van der Waals surface area contributed by atoms with Crippen LogP contribution in [0.4, 0.5) is 13.2 Å². The molecule has 6 rings (SSSR count). The Hall–Kier alpha value is -3.76. The van der Waals surface area contributed by atoms with E-state index >= 15 is 0 Å². The van der Waals surface area contributed by atoms with Gasteiger partial charge in [0.25, 0.3) is 10.0 Å². The zero-order valence-corrected chi connectivity index (χ0v) is 26.1. The van der Waals surface area contributed by atoms with Crippen LogP contribution in [-0.4, -0.2) is 74.2 Å². The smallest absolute Gasteiger partial charge is 0.382 e. The number of hydrogen-bond donors (Lipinski definition) is 3. The molecule has 4 N–H and O–H groups in total. The van der Waals surface area contributed by atoms with E-state index in [-0.39, 0.29) is 17.6 Å². The maximum atomic E-state index is 13.7. The van der Waals surface area contributed by atoms with Crippen LogP contribution in [-0.2, 0) is 28.9 Å². The summed E-state index contributed by atoms with van der Waals surface area (Å²) in [6, 6.07) is 2.74. The summed E-state index contributed by atoms with van der Waals surface area (Å²) in [5, 5.41) is 14.5. The van der Waals surface area contributed by atoms with Crippen LogP contribution in [0.2, 0.25) is 0 Å². The fraction of sp³-hybridized carbons (Fsp3) is 0.517. The van der Waals surface area contributed by atoms with Crippen molar-refractivity contribution in [2.24, 2.45) is 18.7 Å². The lowest BCUT2D eigenvalue weighted by Gasteiger charge is -2.36. The van der Waals surface area contributed by atoms with E-state index < -0.39 is 32.8 Å². The Labute approximate surface area is 259 Å². The number of aromatic nitrogens is 6. The van der Waals surface area contributed by atoms with Crippen molar-refractivity contribution in [2.45, 2.75) is 61.7 Å². The number of allylic oxidation sites excluding steroid dienone is 1. The zero-order valence-electron chi connectivity index (χ0n) is 25.3. The van der Waals surface area contributed by atoms with Crippen LogP contribution in [0.25, 0.3) is 17.0 Å². The molecule has 3 aromatic heterocycles. The first kappa shape index (κ1) is 31.2. The summed E-state index contributed by atoms with van der Waals surface area (Å²) in [5.74, 6) is 0.810. The van der Waals surface area contributed by atoms with E-state index in [2.05, 4.69) is 49.8 Å². The number of hydrogen-bond acceptors (Lipinski definition) is 10. The molecule has 2 saturated carbocycles. The summed E-state index contributed by atoms with van der Waals surface area (Å²) in [5.41, 5.74) is 6.54. The topological polar surface area (TPSA) is 149 Å². The highest BCUT2D eigenvalue weighted by atomic mass is 32.2. The highest BCUT2D eigenvalue weighted by Gasteiger charge is 2.39. The van der Waals surface area contributed by atoms with Crippen molar-refractivity contribution in [3.63, 3.8) is 0 Å². The molecule has 4 heterocycles. The summed E-state index contributed by atoms with van der Waals surface area (Å²) in [7, 11) is 1.82. The molecule has 0 aromatic carbocycles. The van der Waals surface area contributed by atoms with E-state index in [9.17, 15) is 21.6 Å². The highest BCUT2D eigenvalue weighted by molar-refractivity contribution is 7.90. The third kappa shape index (κ3) is 6.49. The fourth-order valence-electron chi connectivity index (χ4n) is 5.99. The Bertz CT molecular complexity index is 1730. The Morgan fingerprint density at radius 2 is 1.91 bits per heavy atom. The van der Waals surface area contributed by atoms with Gasteiger partial charge in [0.1, 0.15) is 5.69 Å². The van der Waals surface area contributed by atoms with Gasteiger partial charge in [-0.2, -0.15) is 27.5 Å². The molecule has 0 amide bonds. The summed E-state index contributed by atoms with van der Waals surface area (Å²) >= 11 is 0. The van der Waals surface area contributed by atoms with Gasteiger partial charge in [0.2, 0.25) is 0 Å². The number of dihydropyridines is 1. The fourth-order valence-corrected chi connectivity index (χ4v) is 7.47. The van der Waals surface area contributed by atoms with Crippen LogP contribution in [0.5, 0.6) is 0 Å². The largest absolute Gasteiger partial charge is 0.433 e. The molecule has 0 saturated heterocycles. The molecule has 0 spiro atoms. The standard InChI is InChI=1S/C29H37F3N10O2S/c1-40(2)16-18-4-6-20(7-5-18)37-24-13-28(33,35-15-22(24)23-12-26(29(30,31)32)41(3)39-23)25-10-11-34-27(38-25)19-14-36-42(17-19)45(43,44)21-8-9-21/h10-15,17-18,20-21,35,37H,4-9,16,33H2,1-3H3. The monoisotopic (exact) mass is 646 g/mol. The van der Waals surface area contributed by atoms with Crippen LogP contribution in [0.1, 0.15) is 55.6 Å². The van der Waals surface area contributed by atoms with Gasteiger partial charge in [-0.15, -0.1) is 0 Å². The van der Waals surface area contributed by atoms with Crippen molar-refractivity contribution in [1.29, 1.82) is 0 Å². The van der Waals surface area contributed by atoms with Gasteiger partial charge < -0.3 is 21.3 Å². The van der Waals surface area contributed by atoms with Crippen LogP contribution in [0.3, 0.4) is 0 Å². The number of nitrogens with one attached hydrogen (secondary N) is 2. The molecule has 45 heavy (non-hydrogen) atoms. The lowest BCUT2D eigenvalue weighted by atomic mass is 9.85. The molecule has 12 nitrogen and oxygen atoms in total. The van der Waals surface area contributed by atoms with Crippen molar-refractivity contribution in [1.82, 2.24) is 44.5 Å². The van der Waals surface area contributed by atoms with Crippen molar-refractivity contribution in [3.05, 3.63) is 65.8 Å². The third-order valence-corrected chi connectivity index (χ3v) is 10.5. The van der Waals surface area contributed by atoms with E-state index in [1.165, 1.54) is 25.6 Å². The highest BCUT2D eigenvalue weighted by Crippen LogP contribution is 2.36. The predicted octanol–water partition coefficient (Wildman–Crippen LogP) is 2.78. The van der Waals surface area contributed by atoms with Gasteiger partial charge in [0, 0.05) is 43.3 Å². The van der Waals surface area contributed by atoms with E-state index in [1.807, 2.05) is 0 Å². The first-order valence-electron chi connectivity index (χ1n) is 14.9. The Kier molecular flexibility index (Phi) is 8.02. The van der Waals surface area contributed by atoms with Crippen molar-refractivity contribution < 1.29 is 21.6 Å². The van der Waals surface area contributed by atoms with Gasteiger partial charge >= 0.3 is 6.18 Å². The normalized spacial score (nSPS) is 24.3. The molecule has 242 valence electrons. The van der Waals surface area contributed by atoms with Gasteiger partial charge in [0.15, 0.2) is 11.5 Å². The lowest BCUT2D eigenvalue weighted by Crippen LogP contribution is -2.50. The summed E-state index contributed by atoms with van der Waals surface area (Å²) in [4.78, 5) is 11.1. The second-order valence-electron chi connectivity index (χ2n) is 12.4. The van der Waals surface area contributed by atoms with Gasteiger partial charge in [-0.25, -0.2) is 18.4 Å². The van der Waals surface area contributed by atoms with Crippen LogP contribution < -0.4 is 16.4 Å². The average Bonchev–Trinajstić information content (AvgIpc) is 3.59. The molecular formula is C29H37F3N10O2S. The number of aryl methyl sites for hydroxylation is 1. The molecule has 0 radical (unpaired) electrons. The Morgan fingerprint density at radius 1 is 1.18 bits per heavy atom. The van der Waals surface area contributed by atoms with Gasteiger partial charge in [0.05, 0.1) is 34.6 Å². The average molecular weight is 647 g/mol. The number of rotatable bonds is 9. The number of halogens is 3. The second kappa shape index (κ2) is 11.6.